The number of aromatic nitrogens is 2. The molecule has 0 bridgehead atoms. The highest BCUT2D eigenvalue weighted by Crippen LogP contribution is 2.39. The first kappa shape index (κ1) is 25.1. The van der Waals surface area contributed by atoms with E-state index in [1.165, 1.54) is 12.1 Å². The SMILES string of the molecule is CCc1nc(Cl)c2n1CCN([C@@H](C(=O)NC)c1ccccc1)C2COc1cccc(C(F)(F)F)c1. The first-order chi connectivity index (χ1) is 16.7. The zero-order valence-corrected chi connectivity index (χ0v) is 20.1. The van der Waals surface area contributed by atoms with E-state index in [0.717, 1.165) is 23.5 Å². The molecule has 0 aliphatic carbocycles. The summed E-state index contributed by atoms with van der Waals surface area (Å²) < 4.78 is 47.5. The Morgan fingerprint density at radius 2 is 1.94 bits per heavy atom. The number of alkyl halides is 3. The van der Waals surface area contributed by atoms with Crippen LogP contribution in [0.25, 0.3) is 0 Å². The van der Waals surface area contributed by atoms with Crippen molar-refractivity contribution in [1.82, 2.24) is 19.8 Å². The molecule has 186 valence electrons. The molecule has 1 aliphatic heterocycles. The van der Waals surface area contributed by atoms with E-state index >= 15 is 0 Å². The fraction of sp³-hybridized carbons (Fsp3) is 0.360. The molecule has 6 nitrogen and oxygen atoms in total. The topological polar surface area (TPSA) is 59.4 Å². The van der Waals surface area contributed by atoms with Crippen LogP contribution in [0.2, 0.25) is 5.15 Å². The fourth-order valence-corrected chi connectivity index (χ4v) is 4.86. The number of ether oxygens (including phenoxy) is 1. The Labute approximate surface area is 206 Å². The summed E-state index contributed by atoms with van der Waals surface area (Å²) in [5.41, 5.74) is 0.682. The van der Waals surface area contributed by atoms with Crippen molar-refractivity contribution in [2.24, 2.45) is 0 Å². The number of halogens is 4. The second kappa shape index (κ2) is 10.3. The van der Waals surface area contributed by atoms with E-state index in [9.17, 15) is 18.0 Å². The van der Waals surface area contributed by atoms with Crippen LogP contribution in [0, 0.1) is 0 Å². The van der Waals surface area contributed by atoms with E-state index in [2.05, 4.69) is 10.3 Å². The Kier molecular flexibility index (Phi) is 7.37. The maximum absolute atomic E-state index is 13.2. The number of hydrogen-bond acceptors (Lipinski definition) is 4. The van der Waals surface area contributed by atoms with Gasteiger partial charge in [-0.2, -0.15) is 13.2 Å². The van der Waals surface area contributed by atoms with Crippen LogP contribution >= 0.6 is 11.6 Å². The number of hydrogen-bond donors (Lipinski definition) is 1. The number of aryl methyl sites for hydroxylation is 1. The molecule has 35 heavy (non-hydrogen) atoms. The highest BCUT2D eigenvalue weighted by atomic mass is 35.5. The maximum Gasteiger partial charge on any atom is 0.416 e. The molecule has 1 unspecified atom stereocenters. The van der Waals surface area contributed by atoms with Crippen molar-refractivity contribution in [3.8, 4) is 5.75 Å². The van der Waals surface area contributed by atoms with Crippen molar-refractivity contribution in [3.63, 3.8) is 0 Å². The van der Waals surface area contributed by atoms with Gasteiger partial charge in [-0.1, -0.05) is 54.9 Å². The third-order valence-corrected chi connectivity index (χ3v) is 6.44. The molecule has 2 heterocycles. The van der Waals surface area contributed by atoms with Gasteiger partial charge in [0.25, 0.3) is 0 Å². The zero-order chi connectivity index (χ0) is 25.2. The van der Waals surface area contributed by atoms with Gasteiger partial charge in [-0.25, -0.2) is 4.98 Å². The minimum atomic E-state index is -4.48. The number of carbonyl (C=O) groups excluding carboxylic acids is 1. The second-order valence-electron chi connectivity index (χ2n) is 8.23. The minimum Gasteiger partial charge on any atom is -0.492 e. The van der Waals surface area contributed by atoms with Crippen molar-refractivity contribution in [3.05, 3.63) is 82.4 Å². The number of nitrogens with one attached hydrogen (secondary N) is 1. The largest absolute Gasteiger partial charge is 0.492 e. The van der Waals surface area contributed by atoms with Crippen LogP contribution in [0.15, 0.2) is 54.6 Å². The normalized spacial score (nSPS) is 17.0. The Hall–Kier alpha value is -3.04. The Balaban J connectivity index is 1.73. The number of likely N-dealkylation sites (N-methyl/N-ethyl adjacent to an activating group) is 1. The van der Waals surface area contributed by atoms with Crippen molar-refractivity contribution < 1.29 is 22.7 Å². The van der Waals surface area contributed by atoms with Crippen LogP contribution in [-0.2, 0) is 23.9 Å². The lowest BCUT2D eigenvalue weighted by atomic mass is 9.99. The van der Waals surface area contributed by atoms with E-state index in [1.54, 1.807) is 7.05 Å². The van der Waals surface area contributed by atoms with Gasteiger partial charge in [-0.05, 0) is 23.8 Å². The average Bonchev–Trinajstić information content (AvgIpc) is 3.19. The standard InChI is InChI=1S/C25H26ClF3N4O2/c1-3-20-31-23(26)22-19(15-35-18-11-7-10-17(14-18)25(27,28)29)32(12-13-33(20)22)21(24(34)30-2)16-8-5-4-6-9-16/h4-11,14,19,21H,3,12-13,15H2,1-2H3,(H,30,34)/t19?,21-/m1/s1. The first-order valence-corrected chi connectivity index (χ1v) is 11.7. The van der Waals surface area contributed by atoms with Gasteiger partial charge < -0.3 is 14.6 Å². The van der Waals surface area contributed by atoms with E-state index in [4.69, 9.17) is 16.3 Å². The molecule has 3 aromatic rings. The summed E-state index contributed by atoms with van der Waals surface area (Å²) >= 11 is 6.57. The van der Waals surface area contributed by atoms with Crippen LogP contribution in [-0.4, -0.2) is 40.6 Å². The van der Waals surface area contributed by atoms with E-state index in [0.29, 0.717) is 30.4 Å². The number of amides is 1. The molecule has 2 aromatic carbocycles. The predicted molar refractivity (Wildman–Crippen MR) is 126 cm³/mol. The highest BCUT2D eigenvalue weighted by Gasteiger charge is 2.40. The van der Waals surface area contributed by atoms with E-state index in [-0.39, 0.29) is 18.3 Å². The van der Waals surface area contributed by atoms with Crippen LogP contribution in [0.5, 0.6) is 5.75 Å². The molecule has 1 aromatic heterocycles. The van der Waals surface area contributed by atoms with Gasteiger partial charge in [-0.3, -0.25) is 9.69 Å². The summed E-state index contributed by atoms with van der Waals surface area (Å²) in [4.78, 5) is 19.5. The zero-order valence-electron chi connectivity index (χ0n) is 19.3. The van der Waals surface area contributed by atoms with Gasteiger partial charge in [0.15, 0.2) is 5.15 Å². The number of fused-ring (bicyclic) bond motifs is 1. The lowest BCUT2D eigenvalue weighted by Gasteiger charge is -2.41. The van der Waals surface area contributed by atoms with Crippen LogP contribution in [0.1, 0.15) is 41.7 Å². The number of benzene rings is 2. The molecule has 1 N–H and O–H groups in total. The van der Waals surface area contributed by atoms with Crippen LogP contribution in [0.3, 0.4) is 0 Å². The predicted octanol–water partition coefficient (Wildman–Crippen LogP) is 5.04. The average molecular weight is 507 g/mol. The lowest BCUT2D eigenvalue weighted by Crippen LogP contribution is -2.47. The van der Waals surface area contributed by atoms with E-state index < -0.39 is 23.8 Å². The molecule has 4 rings (SSSR count). The molecule has 0 spiro atoms. The van der Waals surface area contributed by atoms with Crippen molar-refractivity contribution in [2.45, 2.75) is 38.1 Å². The third kappa shape index (κ3) is 5.16. The summed E-state index contributed by atoms with van der Waals surface area (Å²) in [5.74, 6) is 0.685. The molecular formula is C25H26ClF3N4O2. The lowest BCUT2D eigenvalue weighted by molar-refractivity contribution is -0.137. The minimum absolute atomic E-state index is 0.0177. The molecule has 10 heteroatoms. The molecule has 0 fully saturated rings. The number of nitrogens with zero attached hydrogens (tertiary/aromatic N) is 3. The molecule has 0 saturated heterocycles. The van der Waals surface area contributed by atoms with Gasteiger partial charge in [0.2, 0.25) is 5.91 Å². The molecular weight excluding hydrogens is 481 g/mol. The van der Waals surface area contributed by atoms with Gasteiger partial charge in [0.1, 0.15) is 24.2 Å². The van der Waals surface area contributed by atoms with E-state index in [1.807, 2.05) is 46.7 Å². The molecule has 1 aliphatic rings. The summed E-state index contributed by atoms with van der Waals surface area (Å²) in [6, 6.07) is 12.9. The Morgan fingerprint density at radius 1 is 1.20 bits per heavy atom. The van der Waals surface area contributed by atoms with Gasteiger partial charge in [-0.15, -0.1) is 0 Å². The monoisotopic (exact) mass is 506 g/mol. The number of carbonyl (C=O) groups is 1. The Bertz CT molecular complexity index is 1180. The van der Waals surface area contributed by atoms with Crippen LogP contribution < -0.4 is 10.1 Å². The van der Waals surface area contributed by atoms with Gasteiger partial charge >= 0.3 is 6.18 Å². The summed E-state index contributed by atoms with van der Waals surface area (Å²) in [6.07, 6.45) is -3.82. The molecule has 0 radical (unpaired) electrons. The van der Waals surface area contributed by atoms with Gasteiger partial charge in [0.05, 0.1) is 17.3 Å². The van der Waals surface area contributed by atoms with Crippen molar-refractivity contribution in [1.29, 1.82) is 0 Å². The number of imidazole rings is 1. The molecule has 0 saturated carbocycles. The molecule has 1 amide bonds. The van der Waals surface area contributed by atoms with Crippen LogP contribution in [0.4, 0.5) is 13.2 Å². The maximum atomic E-state index is 13.2. The Morgan fingerprint density at radius 3 is 2.60 bits per heavy atom. The third-order valence-electron chi connectivity index (χ3n) is 6.17. The summed E-state index contributed by atoms with van der Waals surface area (Å²) in [5, 5.41) is 3.03. The van der Waals surface area contributed by atoms with Crippen molar-refractivity contribution in [2.75, 3.05) is 20.2 Å². The fourth-order valence-electron chi connectivity index (χ4n) is 4.53. The number of rotatable bonds is 7. The highest BCUT2D eigenvalue weighted by molar-refractivity contribution is 6.30. The summed E-state index contributed by atoms with van der Waals surface area (Å²) in [6.45, 7) is 3.02. The van der Waals surface area contributed by atoms with Gasteiger partial charge in [0, 0.05) is 26.6 Å². The first-order valence-electron chi connectivity index (χ1n) is 11.3. The smallest absolute Gasteiger partial charge is 0.416 e. The van der Waals surface area contributed by atoms with Crippen molar-refractivity contribution >= 4 is 17.5 Å². The molecule has 2 atom stereocenters. The second-order valence-corrected chi connectivity index (χ2v) is 8.58. The summed E-state index contributed by atoms with van der Waals surface area (Å²) in [7, 11) is 1.57. The quantitative estimate of drug-likeness (QED) is 0.488.